The largest absolute Gasteiger partial charge is 0.370 e. The Labute approximate surface area is 176 Å². The van der Waals surface area contributed by atoms with E-state index >= 15 is 0 Å². The molecule has 0 atom stereocenters. The second-order valence-electron chi connectivity index (χ2n) is 7.01. The molecule has 28 heavy (non-hydrogen) atoms. The van der Waals surface area contributed by atoms with Crippen molar-refractivity contribution in [2.75, 3.05) is 18.4 Å². The van der Waals surface area contributed by atoms with Crippen molar-refractivity contribution >= 4 is 44.9 Å². The van der Waals surface area contributed by atoms with Gasteiger partial charge < -0.3 is 10.6 Å². The van der Waals surface area contributed by atoms with Gasteiger partial charge in [-0.15, -0.1) is 0 Å². The van der Waals surface area contributed by atoms with Crippen LogP contribution in [0.2, 0.25) is 5.02 Å². The standard InChI is InChI=1S/C20H21BrClN5O/c21-15-12-25-27-18(23-8-3-9-24-19(28)10-13-6-7-13)11-17(26-20(15)27)14-4-1-2-5-16(14)22/h1-2,4-5,11-13,23H,3,6-10H2,(H,24,28). The van der Waals surface area contributed by atoms with E-state index in [9.17, 15) is 4.79 Å². The summed E-state index contributed by atoms with van der Waals surface area (Å²) >= 11 is 9.86. The number of hydrogen-bond donors (Lipinski definition) is 2. The average Bonchev–Trinajstić information content (AvgIpc) is 3.42. The van der Waals surface area contributed by atoms with Gasteiger partial charge in [0, 0.05) is 36.2 Å². The molecule has 0 aliphatic heterocycles. The highest BCUT2D eigenvalue weighted by molar-refractivity contribution is 9.10. The van der Waals surface area contributed by atoms with E-state index in [0.717, 1.165) is 33.6 Å². The first-order chi connectivity index (χ1) is 13.6. The Hall–Kier alpha value is -2.12. The van der Waals surface area contributed by atoms with Gasteiger partial charge >= 0.3 is 0 Å². The molecule has 1 aromatic carbocycles. The summed E-state index contributed by atoms with van der Waals surface area (Å²) in [5.74, 6) is 1.60. The Morgan fingerprint density at radius 1 is 1.29 bits per heavy atom. The lowest BCUT2D eigenvalue weighted by Crippen LogP contribution is -2.26. The number of nitrogens with zero attached hydrogens (tertiary/aromatic N) is 3. The Kier molecular flexibility index (Phi) is 5.82. The lowest BCUT2D eigenvalue weighted by molar-refractivity contribution is -0.121. The number of carbonyl (C=O) groups is 1. The smallest absolute Gasteiger partial charge is 0.220 e. The molecule has 2 heterocycles. The van der Waals surface area contributed by atoms with Gasteiger partial charge in [-0.1, -0.05) is 29.8 Å². The zero-order chi connectivity index (χ0) is 19.5. The number of fused-ring (bicyclic) bond motifs is 1. The highest BCUT2D eigenvalue weighted by Crippen LogP contribution is 2.32. The number of carbonyl (C=O) groups excluding carboxylic acids is 1. The minimum Gasteiger partial charge on any atom is -0.370 e. The minimum absolute atomic E-state index is 0.158. The summed E-state index contributed by atoms with van der Waals surface area (Å²) in [4.78, 5) is 16.5. The van der Waals surface area contributed by atoms with Gasteiger partial charge in [-0.3, -0.25) is 4.79 Å². The number of rotatable bonds is 8. The maximum absolute atomic E-state index is 11.8. The fourth-order valence-corrected chi connectivity index (χ4v) is 3.64. The van der Waals surface area contributed by atoms with E-state index in [2.05, 4.69) is 31.7 Å². The molecule has 3 aromatic rings. The molecule has 0 spiro atoms. The van der Waals surface area contributed by atoms with Crippen molar-refractivity contribution in [3.63, 3.8) is 0 Å². The van der Waals surface area contributed by atoms with E-state index in [1.807, 2.05) is 30.3 Å². The lowest BCUT2D eigenvalue weighted by Gasteiger charge is -2.12. The molecular weight excluding hydrogens is 442 g/mol. The molecular formula is C20H21BrClN5O. The van der Waals surface area contributed by atoms with Crippen LogP contribution in [0.1, 0.15) is 25.7 Å². The van der Waals surface area contributed by atoms with Crippen molar-refractivity contribution in [3.8, 4) is 11.3 Å². The van der Waals surface area contributed by atoms with Crippen molar-refractivity contribution < 1.29 is 4.79 Å². The van der Waals surface area contributed by atoms with Crippen LogP contribution in [-0.4, -0.2) is 33.6 Å². The Bertz CT molecular complexity index is 1000. The lowest BCUT2D eigenvalue weighted by atomic mass is 10.1. The molecule has 1 amide bonds. The molecule has 0 unspecified atom stereocenters. The van der Waals surface area contributed by atoms with Gasteiger partial charge in [0.25, 0.3) is 0 Å². The third-order valence-electron chi connectivity index (χ3n) is 4.73. The zero-order valence-electron chi connectivity index (χ0n) is 15.3. The number of amides is 1. The molecule has 1 aliphatic carbocycles. The first-order valence-electron chi connectivity index (χ1n) is 9.41. The Morgan fingerprint density at radius 3 is 2.89 bits per heavy atom. The van der Waals surface area contributed by atoms with Crippen LogP contribution in [0.15, 0.2) is 41.0 Å². The van der Waals surface area contributed by atoms with Gasteiger partial charge in [0.15, 0.2) is 5.65 Å². The van der Waals surface area contributed by atoms with E-state index in [4.69, 9.17) is 16.6 Å². The number of halogens is 2. The molecule has 0 bridgehead atoms. The number of aromatic nitrogens is 3. The van der Waals surface area contributed by atoms with E-state index in [0.29, 0.717) is 30.5 Å². The van der Waals surface area contributed by atoms with Crippen molar-refractivity contribution in [1.82, 2.24) is 19.9 Å². The molecule has 2 aromatic heterocycles. The minimum atomic E-state index is 0.158. The molecule has 146 valence electrons. The molecule has 1 aliphatic rings. The van der Waals surface area contributed by atoms with Crippen LogP contribution in [0.3, 0.4) is 0 Å². The van der Waals surface area contributed by atoms with Gasteiger partial charge in [-0.2, -0.15) is 9.61 Å². The second-order valence-corrected chi connectivity index (χ2v) is 8.27. The number of nitrogens with one attached hydrogen (secondary N) is 2. The van der Waals surface area contributed by atoms with E-state index in [-0.39, 0.29) is 5.91 Å². The molecule has 0 radical (unpaired) electrons. The summed E-state index contributed by atoms with van der Waals surface area (Å²) in [6, 6.07) is 9.58. The van der Waals surface area contributed by atoms with Crippen LogP contribution in [0.25, 0.3) is 16.9 Å². The Morgan fingerprint density at radius 2 is 2.11 bits per heavy atom. The first kappa shape index (κ1) is 19.2. The first-order valence-corrected chi connectivity index (χ1v) is 10.6. The number of benzene rings is 1. The SMILES string of the molecule is O=C(CC1CC1)NCCCNc1cc(-c2ccccc2Cl)nc2c(Br)cnn12. The van der Waals surface area contributed by atoms with Gasteiger partial charge in [-0.25, -0.2) is 4.98 Å². The molecule has 6 nitrogen and oxygen atoms in total. The van der Waals surface area contributed by atoms with Gasteiger partial charge in [-0.05, 0) is 47.2 Å². The molecule has 2 N–H and O–H groups in total. The van der Waals surface area contributed by atoms with Crippen LogP contribution in [0.5, 0.6) is 0 Å². The highest BCUT2D eigenvalue weighted by Gasteiger charge is 2.23. The predicted octanol–water partition coefficient (Wildman–Crippen LogP) is 4.53. The van der Waals surface area contributed by atoms with E-state index < -0.39 is 0 Å². The fourth-order valence-electron chi connectivity index (χ4n) is 3.06. The molecule has 4 rings (SSSR count). The van der Waals surface area contributed by atoms with Crippen LogP contribution in [-0.2, 0) is 4.79 Å². The molecule has 1 saturated carbocycles. The third kappa shape index (κ3) is 4.47. The van der Waals surface area contributed by atoms with E-state index in [1.165, 1.54) is 12.8 Å². The van der Waals surface area contributed by atoms with Crippen molar-refractivity contribution in [2.24, 2.45) is 5.92 Å². The summed E-state index contributed by atoms with van der Waals surface area (Å²) in [7, 11) is 0. The van der Waals surface area contributed by atoms with E-state index in [1.54, 1.807) is 10.7 Å². The van der Waals surface area contributed by atoms with Crippen molar-refractivity contribution in [3.05, 3.63) is 46.0 Å². The topological polar surface area (TPSA) is 71.3 Å². The number of hydrogen-bond acceptors (Lipinski definition) is 4. The van der Waals surface area contributed by atoms with Gasteiger partial charge in [0.2, 0.25) is 5.91 Å². The molecule has 8 heteroatoms. The summed E-state index contributed by atoms with van der Waals surface area (Å²) in [5.41, 5.74) is 2.37. The summed E-state index contributed by atoms with van der Waals surface area (Å²) in [6.45, 7) is 1.37. The fraction of sp³-hybridized carbons (Fsp3) is 0.350. The monoisotopic (exact) mass is 461 g/mol. The summed E-state index contributed by atoms with van der Waals surface area (Å²) < 4.78 is 2.58. The highest BCUT2D eigenvalue weighted by atomic mass is 79.9. The van der Waals surface area contributed by atoms with Crippen molar-refractivity contribution in [1.29, 1.82) is 0 Å². The summed E-state index contributed by atoms with van der Waals surface area (Å²) in [5, 5.41) is 11.4. The normalized spacial score (nSPS) is 13.6. The van der Waals surface area contributed by atoms with Gasteiger partial charge in [0.05, 0.1) is 16.4 Å². The maximum Gasteiger partial charge on any atom is 0.220 e. The van der Waals surface area contributed by atoms with Crippen molar-refractivity contribution in [2.45, 2.75) is 25.7 Å². The Balaban J connectivity index is 1.45. The third-order valence-corrected chi connectivity index (χ3v) is 5.62. The van der Waals surface area contributed by atoms with Crippen LogP contribution < -0.4 is 10.6 Å². The second kappa shape index (κ2) is 8.49. The summed E-state index contributed by atoms with van der Waals surface area (Å²) in [6.07, 6.45) is 5.60. The maximum atomic E-state index is 11.8. The number of anilines is 1. The van der Waals surface area contributed by atoms with Crippen LogP contribution in [0, 0.1) is 5.92 Å². The van der Waals surface area contributed by atoms with Crippen LogP contribution >= 0.6 is 27.5 Å². The van der Waals surface area contributed by atoms with Gasteiger partial charge in [0.1, 0.15) is 5.82 Å². The molecule has 0 saturated heterocycles. The molecule has 1 fully saturated rings. The zero-order valence-corrected chi connectivity index (χ0v) is 17.6. The predicted molar refractivity (Wildman–Crippen MR) is 115 cm³/mol. The average molecular weight is 463 g/mol. The quantitative estimate of drug-likeness (QED) is 0.483. The van der Waals surface area contributed by atoms with Crippen LogP contribution in [0.4, 0.5) is 5.82 Å².